The van der Waals surface area contributed by atoms with Crippen LogP contribution in [-0.2, 0) is 21.8 Å². The maximum atomic E-state index is 12.9. The molecule has 0 saturated carbocycles. The first-order valence-corrected chi connectivity index (χ1v) is 9.23. The Bertz CT molecular complexity index is 872. The van der Waals surface area contributed by atoms with Crippen LogP contribution < -0.4 is 0 Å². The minimum Gasteiger partial charge on any atom is -0.609 e. The van der Waals surface area contributed by atoms with Crippen LogP contribution in [0.3, 0.4) is 0 Å². The monoisotopic (exact) mass is 430 g/mol. The zero-order chi connectivity index (χ0) is 18.2. The van der Waals surface area contributed by atoms with Crippen LogP contribution in [0.25, 0.3) is 0 Å². The van der Waals surface area contributed by atoms with Crippen LogP contribution >= 0.6 is 15.9 Å². The average Bonchev–Trinajstić information content (AvgIpc) is 2.98. The molecule has 0 radical (unpaired) electrons. The Morgan fingerprint density at radius 1 is 1.24 bits per heavy atom. The molecular formula is C15H10BrF3N4OS. The van der Waals surface area contributed by atoms with Gasteiger partial charge in [-0.3, -0.25) is 0 Å². The second-order valence-corrected chi connectivity index (χ2v) is 7.61. The lowest BCUT2D eigenvalue weighted by Crippen LogP contribution is -2.18. The highest BCUT2D eigenvalue weighted by molar-refractivity contribution is 9.10. The highest BCUT2D eigenvalue weighted by atomic mass is 79.9. The molecule has 1 aromatic heterocycles. The lowest BCUT2D eigenvalue weighted by Gasteiger charge is -2.14. The first-order chi connectivity index (χ1) is 11.7. The van der Waals surface area contributed by atoms with Gasteiger partial charge in [-0.25, -0.2) is 9.98 Å². The highest BCUT2D eigenvalue weighted by Gasteiger charge is 2.35. The Hall–Kier alpha value is -1.78. The zero-order valence-corrected chi connectivity index (χ0v) is 15.1. The molecule has 2 heterocycles. The smallest absolute Gasteiger partial charge is 0.416 e. The van der Waals surface area contributed by atoms with Crippen molar-refractivity contribution in [2.24, 2.45) is 9.98 Å². The SMILES string of the molecule is C[S+]([O-])c1nccc(C2(Br)C=NC(c3cccc(C(F)(F)F)c3)=N2)n1. The molecule has 1 aliphatic heterocycles. The third-order valence-corrected chi connectivity index (χ3v) is 4.82. The second-order valence-electron chi connectivity index (χ2n) is 5.12. The minimum atomic E-state index is -4.45. The molecule has 25 heavy (non-hydrogen) atoms. The van der Waals surface area contributed by atoms with E-state index in [1.807, 2.05) is 0 Å². The Morgan fingerprint density at radius 3 is 2.68 bits per heavy atom. The van der Waals surface area contributed by atoms with Crippen molar-refractivity contribution in [1.29, 1.82) is 0 Å². The number of hydrogen-bond acceptors (Lipinski definition) is 5. The summed E-state index contributed by atoms with van der Waals surface area (Å²) in [5.74, 6) is 0.140. The fourth-order valence-corrected chi connectivity index (χ4v) is 3.06. The summed E-state index contributed by atoms with van der Waals surface area (Å²) in [6.07, 6.45) is -0.141. The largest absolute Gasteiger partial charge is 0.609 e. The summed E-state index contributed by atoms with van der Waals surface area (Å²) < 4.78 is 49.0. The van der Waals surface area contributed by atoms with Crippen molar-refractivity contribution in [3.63, 3.8) is 0 Å². The molecule has 0 aliphatic carbocycles. The van der Waals surface area contributed by atoms with Gasteiger partial charge in [-0.2, -0.15) is 23.1 Å². The van der Waals surface area contributed by atoms with E-state index in [9.17, 15) is 17.7 Å². The number of nitrogens with zero attached hydrogens (tertiary/aromatic N) is 4. The molecule has 0 saturated heterocycles. The predicted molar refractivity (Wildman–Crippen MR) is 91.4 cm³/mol. The van der Waals surface area contributed by atoms with Crippen molar-refractivity contribution in [3.05, 3.63) is 53.3 Å². The molecule has 130 valence electrons. The summed E-state index contributed by atoms with van der Waals surface area (Å²) in [7, 11) is 0. The van der Waals surface area contributed by atoms with E-state index in [2.05, 4.69) is 35.9 Å². The molecule has 0 fully saturated rings. The minimum absolute atomic E-state index is 0.132. The summed E-state index contributed by atoms with van der Waals surface area (Å²) >= 11 is 2.01. The Morgan fingerprint density at radius 2 is 2.00 bits per heavy atom. The predicted octanol–water partition coefficient (Wildman–Crippen LogP) is 3.31. The summed E-state index contributed by atoms with van der Waals surface area (Å²) in [6.45, 7) is 0. The topological polar surface area (TPSA) is 73.6 Å². The fraction of sp³-hybridized carbons (Fsp3) is 0.200. The Labute approximate surface area is 152 Å². The van der Waals surface area contributed by atoms with Crippen molar-refractivity contribution in [2.45, 2.75) is 15.8 Å². The quantitative estimate of drug-likeness (QED) is 0.324. The molecule has 3 rings (SSSR count). The van der Waals surface area contributed by atoms with Crippen molar-refractivity contribution in [2.75, 3.05) is 6.26 Å². The van der Waals surface area contributed by atoms with E-state index in [1.54, 1.807) is 6.07 Å². The number of halogens is 4. The van der Waals surface area contributed by atoms with Crippen molar-refractivity contribution >= 4 is 39.2 Å². The van der Waals surface area contributed by atoms with E-state index in [0.717, 1.165) is 12.1 Å². The van der Waals surface area contributed by atoms with E-state index in [0.29, 0.717) is 5.69 Å². The molecule has 0 amide bonds. The van der Waals surface area contributed by atoms with E-state index in [-0.39, 0.29) is 16.6 Å². The molecule has 0 spiro atoms. The molecule has 0 N–H and O–H groups in total. The van der Waals surface area contributed by atoms with Gasteiger partial charge >= 0.3 is 11.3 Å². The highest BCUT2D eigenvalue weighted by Crippen LogP contribution is 2.35. The number of benzene rings is 1. The van der Waals surface area contributed by atoms with Gasteiger partial charge in [0.25, 0.3) is 0 Å². The maximum Gasteiger partial charge on any atom is 0.416 e. The van der Waals surface area contributed by atoms with Crippen LogP contribution in [0.4, 0.5) is 13.2 Å². The lowest BCUT2D eigenvalue weighted by molar-refractivity contribution is -0.137. The normalized spacial score (nSPS) is 21.3. The molecular weight excluding hydrogens is 421 g/mol. The summed E-state index contributed by atoms with van der Waals surface area (Å²) in [4.78, 5) is 16.5. The molecule has 5 nitrogen and oxygen atoms in total. The van der Waals surface area contributed by atoms with Gasteiger partial charge in [0.15, 0.2) is 10.3 Å². The molecule has 0 bridgehead atoms. The van der Waals surface area contributed by atoms with Gasteiger partial charge in [0.1, 0.15) is 6.26 Å². The average molecular weight is 431 g/mol. The van der Waals surface area contributed by atoms with Gasteiger partial charge in [-0.1, -0.05) is 12.1 Å². The van der Waals surface area contributed by atoms with Crippen LogP contribution in [0.5, 0.6) is 0 Å². The lowest BCUT2D eigenvalue weighted by atomic mass is 10.1. The van der Waals surface area contributed by atoms with Gasteiger partial charge in [-0.15, -0.1) is 0 Å². The van der Waals surface area contributed by atoms with Crippen LogP contribution in [0.1, 0.15) is 16.8 Å². The summed E-state index contributed by atoms with van der Waals surface area (Å²) in [5.41, 5.74) is -0.153. The van der Waals surface area contributed by atoms with Crippen LogP contribution in [0, 0.1) is 0 Å². The second kappa shape index (κ2) is 6.50. The van der Waals surface area contributed by atoms with Gasteiger partial charge in [0.2, 0.25) is 0 Å². The number of alkyl halides is 4. The van der Waals surface area contributed by atoms with Crippen molar-refractivity contribution < 1.29 is 17.7 Å². The standard InChI is InChI=1S/C15H10BrF3N4OS/c1-25(24)13-20-6-5-11(22-13)14(16)8-21-12(23-14)9-3-2-4-10(7-9)15(17,18)19/h2-8H,1H3. The van der Waals surface area contributed by atoms with Gasteiger partial charge in [0, 0.05) is 22.9 Å². The van der Waals surface area contributed by atoms with Crippen LogP contribution in [-0.4, -0.2) is 32.8 Å². The van der Waals surface area contributed by atoms with Gasteiger partial charge in [-0.05, 0) is 34.1 Å². The molecule has 10 heteroatoms. The molecule has 1 aromatic carbocycles. The number of hydrogen-bond donors (Lipinski definition) is 0. The molecule has 1 aliphatic rings. The first-order valence-electron chi connectivity index (χ1n) is 6.88. The molecule has 2 unspecified atom stereocenters. The third kappa shape index (κ3) is 3.75. The first kappa shape index (κ1) is 18.0. The van der Waals surface area contributed by atoms with E-state index < -0.39 is 27.4 Å². The van der Waals surface area contributed by atoms with Crippen LogP contribution in [0.2, 0.25) is 0 Å². The van der Waals surface area contributed by atoms with Gasteiger partial charge in [0.05, 0.1) is 17.5 Å². The molecule has 2 atom stereocenters. The maximum absolute atomic E-state index is 12.9. The fourth-order valence-electron chi connectivity index (χ4n) is 2.13. The van der Waals surface area contributed by atoms with E-state index in [4.69, 9.17) is 0 Å². The van der Waals surface area contributed by atoms with E-state index in [1.165, 1.54) is 30.8 Å². The summed E-state index contributed by atoms with van der Waals surface area (Å²) in [6, 6.07) is 6.33. The van der Waals surface area contributed by atoms with Crippen molar-refractivity contribution in [3.8, 4) is 0 Å². The van der Waals surface area contributed by atoms with Gasteiger partial charge < -0.3 is 4.55 Å². The summed E-state index contributed by atoms with van der Waals surface area (Å²) in [5, 5.41) is 0.132. The van der Waals surface area contributed by atoms with Crippen LogP contribution in [0.15, 0.2) is 51.7 Å². The Balaban J connectivity index is 1.98. The Kier molecular flexibility index (Phi) is 4.69. The number of aromatic nitrogens is 2. The zero-order valence-electron chi connectivity index (χ0n) is 12.7. The third-order valence-electron chi connectivity index (χ3n) is 3.32. The van der Waals surface area contributed by atoms with E-state index >= 15 is 0 Å². The number of amidine groups is 1. The number of rotatable bonds is 3. The number of aliphatic imine (C=N–C) groups is 2. The molecule has 2 aromatic rings. The van der Waals surface area contributed by atoms with Crippen molar-refractivity contribution in [1.82, 2.24) is 9.97 Å².